The minimum atomic E-state index is -0.377. The van der Waals surface area contributed by atoms with Crippen molar-refractivity contribution in [2.24, 2.45) is 5.92 Å². The summed E-state index contributed by atoms with van der Waals surface area (Å²) >= 11 is 1.24. The van der Waals surface area contributed by atoms with Crippen molar-refractivity contribution in [2.75, 3.05) is 25.0 Å². The first-order chi connectivity index (χ1) is 13.4. The van der Waals surface area contributed by atoms with Gasteiger partial charge in [-0.25, -0.2) is 9.18 Å². The van der Waals surface area contributed by atoms with Gasteiger partial charge in [-0.2, -0.15) is 0 Å². The molecule has 28 heavy (non-hydrogen) atoms. The number of urea groups is 1. The van der Waals surface area contributed by atoms with Crippen LogP contribution in [-0.4, -0.2) is 46.7 Å². The van der Waals surface area contributed by atoms with Crippen molar-refractivity contribution in [3.8, 4) is 0 Å². The quantitative estimate of drug-likeness (QED) is 0.797. The Balaban J connectivity index is 1.60. The average Bonchev–Trinajstić information content (AvgIpc) is 3.18. The van der Waals surface area contributed by atoms with Gasteiger partial charge < -0.3 is 15.5 Å². The van der Waals surface area contributed by atoms with Gasteiger partial charge in [-0.05, 0) is 43.0 Å². The Labute approximate surface area is 167 Å². The number of nitrogens with zero attached hydrogens (tertiary/aromatic N) is 3. The summed E-state index contributed by atoms with van der Waals surface area (Å²) in [6.45, 7) is 6.04. The predicted molar refractivity (Wildman–Crippen MR) is 106 cm³/mol. The van der Waals surface area contributed by atoms with Gasteiger partial charge in [0.15, 0.2) is 0 Å². The van der Waals surface area contributed by atoms with Gasteiger partial charge in [-0.1, -0.05) is 25.2 Å². The van der Waals surface area contributed by atoms with Crippen LogP contribution in [0.3, 0.4) is 0 Å². The van der Waals surface area contributed by atoms with Crippen LogP contribution >= 0.6 is 11.3 Å². The molecule has 1 aromatic heterocycles. The Morgan fingerprint density at radius 1 is 1.29 bits per heavy atom. The number of hydrogen-bond acceptors (Lipinski definition) is 5. The number of carbonyl (C=O) groups excluding carboxylic acids is 2. The fraction of sp³-hybridized carbons (Fsp3) is 0.474. The van der Waals surface area contributed by atoms with E-state index in [1.807, 2.05) is 0 Å². The molecule has 3 rings (SSSR count). The minimum Gasteiger partial charge on any atom is -0.338 e. The van der Waals surface area contributed by atoms with E-state index >= 15 is 0 Å². The molecule has 1 aliphatic heterocycles. The third-order valence-electron chi connectivity index (χ3n) is 4.46. The number of benzene rings is 1. The van der Waals surface area contributed by atoms with Gasteiger partial charge in [0, 0.05) is 31.2 Å². The largest absolute Gasteiger partial charge is 0.338 e. The second-order valence-electron chi connectivity index (χ2n) is 7.27. The van der Waals surface area contributed by atoms with Crippen molar-refractivity contribution >= 4 is 29.0 Å². The highest BCUT2D eigenvalue weighted by atomic mass is 32.1. The van der Waals surface area contributed by atoms with Crippen LogP contribution in [0.25, 0.3) is 0 Å². The Morgan fingerprint density at radius 2 is 2.04 bits per heavy atom. The number of hydrogen-bond donors (Lipinski definition) is 2. The van der Waals surface area contributed by atoms with Gasteiger partial charge >= 0.3 is 6.03 Å². The summed E-state index contributed by atoms with van der Waals surface area (Å²) in [7, 11) is 0. The fourth-order valence-electron chi connectivity index (χ4n) is 2.98. The topological polar surface area (TPSA) is 87.2 Å². The molecule has 1 fully saturated rings. The molecule has 150 valence electrons. The molecule has 1 saturated heterocycles. The molecule has 3 amide bonds. The number of anilines is 1. The highest BCUT2D eigenvalue weighted by Gasteiger charge is 2.28. The summed E-state index contributed by atoms with van der Waals surface area (Å²) in [5, 5.41) is 14.8. The van der Waals surface area contributed by atoms with E-state index in [0.717, 1.165) is 24.4 Å². The molecule has 7 nitrogen and oxygen atoms in total. The standard InChI is InChI=1S/C19H24FN5O2S/c1-12(2)10-21-19(27)25-9-3-4-13(11-25)17-23-24-18(28-17)16(26)22-15-7-5-14(20)6-8-15/h5-8,12-13H,3-4,9-11H2,1-2H3,(H,21,27)(H,22,26). The monoisotopic (exact) mass is 405 g/mol. The highest BCUT2D eigenvalue weighted by Crippen LogP contribution is 2.29. The predicted octanol–water partition coefficient (Wildman–Crippen LogP) is 3.47. The summed E-state index contributed by atoms with van der Waals surface area (Å²) in [6, 6.07) is 5.48. The lowest BCUT2D eigenvalue weighted by molar-refractivity contribution is 0.102. The van der Waals surface area contributed by atoms with Crippen LogP contribution < -0.4 is 10.6 Å². The maximum absolute atomic E-state index is 13.0. The van der Waals surface area contributed by atoms with E-state index < -0.39 is 0 Å². The lowest BCUT2D eigenvalue weighted by Crippen LogP contribution is -2.45. The van der Waals surface area contributed by atoms with Gasteiger partial charge in [0.25, 0.3) is 5.91 Å². The van der Waals surface area contributed by atoms with Crippen molar-refractivity contribution in [1.82, 2.24) is 20.4 Å². The van der Waals surface area contributed by atoms with Crippen molar-refractivity contribution in [3.05, 3.63) is 40.1 Å². The number of piperidine rings is 1. The number of nitrogens with one attached hydrogen (secondary N) is 2. The molecule has 0 radical (unpaired) electrons. The zero-order valence-electron chi connectivity index (χ0n) is 15.9. The van der Waals surface area contributed by atoms with E-state index in [4.69, 9.17) is 0 Å². The zero-order chi connectivity index (χ0) is 20.1. The first kappa shape index (κ1) is 20.2. The third-order valence-corrected chi connectivity index (χ3v) is 5.54. The molecule has 2 heterocycles. The molecule has 1 atom stereocenters. The van der Waals surface area contributed by atoms with E-state index in [1.54, 1.807) is 4.90 Å². The van der Waals surface area contributed by atoms with Gasteiger partial charge in [0.1, 0.15) is 10.8 Å². The first-order valence-corrected chi connectivity index (χ1v) is 10.2. The van der Waals surface area contributed by atoms with Crippen molar-refractivity contribution in [2.45, 2.75) is 32.6 Å². The average molecular weight is 405 g/mol. The number of amides is 3. The van der Waals surface area contributed by atoms with E-state index in [9.17, 15) is 14.0 Å². The third kappa shape index (κ3) is 5.25. The maximum Gasteiger partial charge on any atom is 0.317 e. The summed E-state index contributed by atoms with van der Waals surface area (Å²) in [5.41, 5.74) is 0.494. The SMILES string of the molecule is CC(C)CNC(=O)N1CCCC(c2nnc(C(=O)Nc3ccc(F)cc3)s2)C1. The lowest BCUT2D eigenvalue weighted by atomic mass is 9.99. The molecule has 0 bridgehead atoms. The van der Waals surface area contributed by atoms with Gasteiger partial charge in [-0.3, -0.25) is 4.79 Å². The van der Waals surface area contributed by atoms with Crippen LogP contribution in [0.4, 0.5) is 14.9 Å². The summed E-state index contributed by atoms with van der Waals surface area (Å²) in [5.74, 6) is -0.272. The van der Waals surface area contributed by atoms with Crippen molar-refractivity contribution in [1.29, 1.82) is 0 Å². The molecule has 1 unspecified atom stereocenters. The normalized spacial score (nSPS) is 16.9. The maximum atomic E-state index is 13.0. The highest BCUT2D eigenvalue weighted by molar-refractivity contribution is 7.13. The van der Waals surface area contributed by atoms with Crippen molar-refractivity contribution in [3.63, 3.8) is 0 Å². The summed E-state index contributed by atoms with van der Waals surface area (Å²) in [6.07, 6.45) is 1.79. The van der Waals surface area contributed by atoms with Crippen LogP contribution in [-0.2, 0) is 0 Å². The molecular formula is C19H24FN5O2S. The summed E-state index contributed by atoms with van der Waals surface area (Å²) in [4.78, 5) is 26.5. The lowest BCUT2D eigenvalue weighted by Gasteiger charge is -2.31. The van der Waals surface area contributed by atoms with Crippen LogP contribution in [0.2, 0.25) is 0 Å². The Kier molecular flexibility index (Phi) is 6.56. The van der Waals surface area contributed by atoms with E-state index in [-0.39, 0.29) is 28.7 Å². The van der Waals surface area contributed by atoms with Gasteiger partial charge in [0.2, 0.25) is 5.01 Å². The Bertz CT molecular complexity index is 824. The molecular weight excluding hydrogens is 381 g/mol. The molecule has 2 aromatic rings. The van der Waals surface area contributed by atoms with Crippen LogP contribution in [0.15, 0.2) is 24.3 Å². The molecule has 1 aromatic carbocycles. The number of carbonyl (C=O) groups is 2. The molecule has 1 aliphatic rings. The molecule has 9 heteroatoms. The molecule has 0 saturated carbocycles. The number of rotatable bonds is 5. The van der Waals surface area contributed by atoms with Crippen molar-refractivity contribution < 1.29 is 14.0 Å². The fourth-order valence-corrected chi connectivity index (χ4v) is 3.84. The van der Waals surface area contributed by atoms with E-state index in [0.29, 0.717) is 24.7 Å². The van der Waals surface area contributed by atoms with E-state index in [1.165, 1.54) is 35.6 Å². The Hall–Kier alpha value is -2.55. The van der Waals surface area contributed by atoms with Crippen LogP contribution in [0.5, 0.6) is 0 Å². The number of aromatic nitrogens is 2. The van der Waals surface area contributed by atoms with Gasteiger partial charge in [-0.15, -0.1) is 10.2 Å². The van der Waals surface area contributed by atoms with Crippen LogP contribution in [0.1, 0.15) is 47.4 Å². The van der Waals surface area contributed by atoms with Crippen LogP contribution in [0, 0.1) is 11.7 Å². The smallest absolute Gasteiger partial charge is 0.317 e. The minimum absolute atomic E-state index is 0.0582. The Morgan fingerprint density at radius 3 is 2.75 bits per heavy atom. The molecule has 2 N–H and O–H groups in total. The zero-order valence-corrected chi connectivity index (χ0v) is 16.8. The van der Waals surface area contributed by atoms with E-state index in [2.05, 4.69) is 34.7 Å². The first-order valence-electron chi connectivity index (χ1n) is 9.35. The molecule has 0 aliphatic carbocycles. The van der Waals surface area contributed by atoms with Gasteiger partial charge in [0.05, 0.1) is 0 Å². The second kappa shape index (κ2) is 9.09. The summed E-state index contributed by atoms with van der Waals surface area (Å²) < 4.78 is 13.0. The number of likely N-dealkylation sites (tertiary alicyclic amines) is 1. The second-order valence-corrected chi connectivity index (χ2v) is 8.28. The number of halogens is 1. The molecule has 0 spiro atoms.